The number of nitrogens with two attached hydrogens (primary N) is 1. The Morgan fingerprint density at radius 3 is 2.81 bits per heavy atom. The number of amides is 2. The van der Waals surface area contributed by atoms with E-state index in [4.69, 9.17) is 5.73 Å². The lowest BCUT2D eigenvalue weighted by atomic mass is 10.1. The zero-order valence-corrected chi connectivity index (χ0v) is 15.2. The SMILES string of the molecule is C=C(C)CNc1nc(N)nc2c1CCN(C(=O)CC1CCC(=O)N1)CC2. The Morgan fingerprint density at radius 2 is 2.12 bits per heavy atom. The maximum absolute atomic E-state index is 12.6. The summed E-state index contributed by atoms with van der Waals surface area (Å²) < 4.78 is 0. The van der Waals surface area contributed by atoms with Gasteiger partial charge in [-0.25, -0.2) is 4.98 Å². The fourth-order valence-corrected chi connectivity index (χ4v) is 3.42. The average Bonchev–Trinajstić information content (AvgIpc) is 2.86. The lowest BCUT2D eigenvalue weighted by Crippen LogP contribution is -2.38. The number of hydrogen-bond donors (Lipinski definition) is 3. The topological polar surface area (TPSA) is 113 Å². The zero-order valence-electron chi connectivity index (χ0n) is 15.2. The second-order valence-corrected chi connectivity index (χ2v) is 7.05. The molecule has 0 saturated carbocycles. The molecule has 0 aromatic carbocycles. The molecule has 8 nitrogen and oxygen atoms in total. The van der Waals surface area contributed by atoms with Crippen molar-refractivity contribution in [2.75, 3.05) is 30.7 Å². The number of nitrogen functional groups attached to an aromatic ring is 1. The Bertz CT molecular complexity index is 733. The van der Waals surface area contributed by atoms with Crippen molar-refractivity contribution in [2.45, 2.75) is 45.1 Å². The van der Waals surface area contributed by atoms with Crippen LogP contribution in [0.1, 0.15) is 37.4 Å². The standard InChI is InChI=1S/C18H26N6O2/c1-11(2)10-20-17-13-5-7-24(8-6-14(13)22-18(19)23-17)16(26)9-12-3-4-15(25)21-12/h12H,1,3-10H2,2H3,(H,21,25)(H3,19,20,22,23). The maximum atomic E-state index is 12.6. The molecule has 1 fully saturated rings. The minimum atomic E-state index is -0.0381. The molecular weight excluding hydrogens is 332 g/mol. The van der Waals surface area contributed by atoms with Gasteiger partial charge in [-0.1, -0.05) is 12.2 Å². The van der Waals surface area contributed by atoms with Gasteiger partial charge < -0.3 is 21.3 Å². The fraction of sp³-hybridized carbons (Fsp3) is 0.556. The summed E-state index contributed by atoms with van der Waals surface area (Å²) in [6, 6.07) is -0.0381. The predicted octanol–water partition coefficient (Wildman–Crippen LogP) is 0.643. The molecule has 2 amide bonds. The van der Waals surface area contributed by atoms with Gasteiger partial charge >= 0.3 is 0 Å². The van der Waals surface area contributed by atoms with Gasteiger partial charge in [0.25, 0.3) is 0 Å². The van der Waals surface area contributed by atoms with Crippen LogP contribution in [0.3, 0.4) is 0 Å². The third-order valence-electron chi connectivity index (χ3n) is 4.78. The molecule has 1 aromatic heterocycles. The molecule has 0 spiro atoms. The molecule has 4 N–H and O–H groups in total. The fourth-order valence-electron chi connectivity index (χ4n) is 3.42. The van der Waals surface area contributed by atoms with Gasteiger partial charge in [0.15, 0.2) is 0 Å². The van der Waals surface area contributed by atoms with Gasteiger partial charge in [-0.3, -0.25) is 9.59 Å². The van der Waals surface area contributed by atoms with Gasteiger partial charge in [0, 0.05) is 50.5 Å². The van der Waals surface area contributed by atoms with Crippen LogP contribution < -0.4 is 16.4 Å². The molecule has 2 aliphatic rings. The largest absolute Gasteiger partial charge is 0.368 e. The van der Waals surface area contributed by atoms with Crippen molar-refractivity contribution in [2.24, 2.45) is 0 Å². The highest BCUT2D eigenvalue weighted by Crippen LogP contribution is 2.23. The molecule has 1 unspecified atom stereocenters. The highest BCUT2D eigenvalue weighted by Gasteiger charge is 2.27. The van der Waals surface area contributed by atoms with Crippen LogP contribution in [0.15, 0.2) is 12.2 Å². The van der Waals surface area contributed by atoms with Crippen LogP contribution in [-0.2, 0) is 22.4 Å². The van der Waals surface area contributed by atoms with E-state index in [1.54, 1.807) is 0 Å². The second-order valence-electron chi connectivity index (χ2n) is 7.05. The van der Waals surface area contributed by atoms with Crippen LogP contribution in [-0.4, -0.2) is 52.4 Å². The molecule has 0 aliphatic carbocycles. The summed E-state index contributed by atoms with van der Waals surface area (Å²) in [5.41, 5.74) is 8.76. The number of nitrogens with one attached hydrogen (secondary N) is 2. The molecule has 2 aliphatic heterocycles. The molecule has 26 heavy (non-hydrogen) atoms. The van der Waals surface area contributed by atoms with Gasteiger partial charge in [0.1, 0.15) is 5.82 Å². The number of anilines is 2. The van der Waals surface area contributed by atoms with Crippen molar-refractivity contribution < 1.29 is 9.59 Å². The van der Waals surface area contributed by atoms with Gasteiger partial charge in [0.05, 0.1) is 5.69 Å². The molecule has 140 valence electrons. The van der Waals surface area contributed by atoms with E-state index in [0.29, 0.717) is 45.3 Å². The third kappa shape index (κ3) is 4.30. The first-order chi connectivity index (χ1) is 12.4. The van der Waals surface area contributed by atoms with Crippen molar-refractivity contribution >= 4 is 23.6 Å². The lowest BCUT2D eigenvalue weighted by Gasteiger charge is -2.22. The molecule has 8 heteroatoms. The van der Waals surface area contributed by atoms with E-state index in [2.05, 4.69) is 27.2 Å². The number of rotatable bonds is 5. The molecule has 1 saturated heterocycles. The molecule has 0 radical (unpaired) electrons. The van der Waals surface area contributed by atoms with E-state index in [9.17, 15) is 9.59 Å². The lowest BCUT2D eigenvalue weighted by molar-refractivity contribution is -0.131. The predicted molar refractivity (Wildman–Crippen MR) is 99.5 cm³/mol. The molecule has 1 aromatic rings. The second kappa shape index (κ2) is 7.72. The summed E-state index contributed by atoms with van der Waals surface area (Å²) in [4.78, 5) is 34.5. The normalized spacial score (nSPS) is 19.5. The monoisotopic (exact) mass is 358 g/mol. The number of nitrogens with zero attached hydrogens (tertiary/aromatic N) is 3. The molecule has 1 atom stereocenters. The minimum Gasteiger partial charge on any atom is -0.368 e. The summed E-state index contributed by atoms with van der Waals surface area (Å²) in [7, 11) is 0. The summed E-state index contributed by atoms with van der Waals surface area (Å²) in [5.74, 6) is 1.07. The first kappa shape index (κ1) is 18.2. The number of carbonyl (C=O) groups excluding carboxylic acids is 2. The van der Waals surface area contributed by atoms with E-state index in [-0.39, 0.29) is 23.8 Å². The van der Waals surface area contributed by atoms with E-state index < -0.39 is 0 Å². The third-order valence-corrected chi connectivity index (χ3v) is 4.78. The molecular formula is C18H26N6O2. The molecule has 3 rings (SSSR count). The van der Waals surface area contributed by atoms with E-state index in [0.717, 1.165) is 29.1 Å². The number of fused-ring (bicyclic) bond motifs is 1. The Kier molecular flexibility index (Phi) is 5.39. The van der Waals surface area contributed by atoms with Crippen LogP contribution in [0.25, 0.3) is 0 Å². The van der Waals surface area contributed by atoms with Crippen molar-refractivity contribution in [3.8, 4) is 0 Å². The van der Waals surface area contributed by atoms with Crippen molar-refractivity contribution in [1.82, 2.24) is 20.2 Å². The van der Waals surface area contributed by atoms with Crippen molar-refractivity contribution in [3.05, 3.63) is 23.4 Å². The summed E-state index contributed by atoms with van der Waals surface area (Å²) in [6.45, 7) is 7.67. The Morgan fingerprint density at radius 1 is 1.35 bits per heavy atom. The number of aromatic nitrogens is 2. The van der Waals surface area contributed by atoms with Crippen LogP contribution >= 0.6 is 0 Å². The average molecular weight is 358 g/mol. The molecule has 0 bridgehead atoms. The quantitative estimate of drug-likeness (QED) is 0.666. The highest BCUT2D eigenvalue weighted by atomic mass is 16.2. The Labute approximate surface area is 153 Å². The van der Waals surface area contributed by atoms with Crippen LogP contribution in [0.5, 0.6) is 0 Å². The summed E-state index contributed by atoms with van der Waals surface area (Å²) in [5, 5.41) is 6.12. The smallest absolute Gasteiger partial charge is 0.224 e. The van der Waals surface area contributed by atoms with E-state index in [1.807, 2.05) is 11.8 Å². The van der Waals surface area contributed by atoms with E-state index in [1.165, 1.54) is 0 Å². The van der Waals surface area contributed by atoms with Crippen molar-refractivity contribution in [3.63, 3.8) is 0 Å². The van der Waals surface area contributed by atoms with Crippen LogP contribution in [0.4, 0.5) is 11.8 Å². The first-order valence-corrected chi connectivity index (χ1v) is 9.03. The van der Waals surface area contributed by atoms with Gasteiger partial charge in [-0.2, -0.15) is 4.98 Å². The van der Waals surface area contributed by atoms with Gasteiger partial charge in [-0.05, 0) is 19.8 Å². The number of carbonyl (C=O) groups is 2. The Balaban J connectivity index is 1.68. The van der Waals surface area contributed by atoms with Crippen LogP contribution in [0.2, 0.25) is 0 Å². The van der Waals surface area contributed by atoms with Crippen LogP contribution in [0, 0.1) is 0 Å². The molecule has 3 heterocycles. The number of hydrogen-bond acceptors (Lipinski definition) is 6. The Hall–Kier alpha value is -2.64. The van der Waals surface area contributed by atoms with E-state index >= 15 is 0 Å². The highest BCUT2D eigenvalue weighted by molar-refractivity contribution is 5.82. The summed E-state index contributed by atoms with van der Waals surface area (Å²) >= 11 is 0. The zero-order chi connectivity index (χ0) is 18.7. The minimum absolute atomic E-state index is 0.0325. The van der Waals surface area contributed by atoms with Gasteiger partial charge in [-0.15, -0.1) is 0 Å². The van der Waals surface area contributed by atoms with Crippen molar-refractivity contribution in [1.29, 1.82) is 0 Å². The first-order valence-electron chi connectivity index (χ1n) is 9.03. The summed E-state index contributed by atoms with van der Waals surface area (Å²) in [6.07, 6.45) is 2.92. The maximum Gasteiger partial charge on any atom is 0.224 e. The van der Waals surface area contributed by atoms with Gasteiger partial charge in [0.2, 0.25) is 17.8 Å².